The first-order chi connectivity index (χ1) is 10.9. The van der Waals surface area contributed by atoms with Crippen LogP contribution in [0.2, 0.25) is 0 Å². The largest absolute Gasteiger partial charge is 0.357 e. The van der Waals surface area contributed by atoms with Gasteiger partial charge in [0, 0.05) is 42.1 Å². The lowest BCUT2D eigenvalue weighted by Gasteiger charge is -2.26. The molecule has 0 spiro atoms. The van der Waals surface area contributed by atoms with E-state index >= 15 is 0 Å². The number of pyridine rings is 1. The fourth-order valence-corrected chi connectivity index (χ4v) is 3.49. The van der Waals surface area contributed by atoms with Crippen LogP contribution < -0.4 is 0 Å². The number of para-hydroxylation sites is 1. The normalized spacial score (nSPS) is 15.1. The molecule has 1 aromatic carbocycles. The Morgan fingerprint density at radius 3 is 3.00 bits per heavy atom. The summed E-state index contributed by atoms with van der Waals surface area (Å²) in [4.78, 5) is 10.4. The number of hydrogen-bond donors (Lipinski definition) is 1. The average Bonchev–Trinajstić information content (AvgIpc) is 2.93. The molecule has 0 aliphatic carbocycles. The molecule has 3 nitrogen and oxygen atoms in total. The summed E-state index contributed by atoms with van der Waals surface area (Å²) in [5.41, 5.74) is 5.56. The lowest BCUT2D eigenvalue weighted by atomic mass is 10.0. The van der Waals surface area contributed by atoms with Crippen molar-refractivity contribution in [3.05, 3.63) is 65.6 Å². The molecule has 0 unspecified atom stereocenters. The molecule has 2 aromatic heterocycles. The van der Waals surface area contributed by atoms with Crippen LogP contribution in [0.3, 0.4) is 0 Å². The molecule has 1 N–H and O–H groups in total. The maximum atomic E-state index is 4.19. The molecule has 0 bridgehead atoms. The Kier molecular flexibility index (Phi) is 3.65. The number of hydrogen-bond acceptors (Lipinski definition) is 2. The smallest absolute Gasteiger partial charge is 0.0459 e. The van der Waals surface area contributed by atoms with E-state index in [-0.39, 0.29) is 0 Å². The van der Waals surface area contributed by atoms with Gasteiger partial charge in [-0.15, -0.1) is 0 Å². The van der Waals surface area contributed by atoms with Crippen molar-refractivity contribution in [3.63, 3.8) is 0 Å². The molecule has 1 aliphatic heterocycles. The van der Waals surface area contributed by atoms with E-state index in [1.807, 2.05) is 18.5 Å². The van der Waals surface area contributed by atoms with Crippen LogP contribution in [-0.2, 0) is 19.4 Å². The number of fused-ring (bicyclic) bond motifs is 3. The predicted molar refractivity (Wildman–Crippen MR) is 89.8 cm³/mol. The summed E-state index contributed by atoms with van der Waals surface area (Å²) in [6.07, 6.45) is 7.29. The Balaban J connectivity index is 1.40. The minimum absolute atomic E-state index is 1.05. The summed E-state index contributed by atoms with van der Waals surface area (Å²) in [6.45, 7) is 3.38. The Labute approximate surface area is 131 Å². The van der Waals surface area contributed by atoms with Gasteiger partial charge in [-0.05, 0) is 49.1 Å². The van der Waals surface area contributed by atoms with Crippen molar-refractivity contribution in [2.24, 2.45) is 0 Å². The number of aryl methyl sites for hydroxylation is 1. The number of aromatic nitrogens is 2. The van der Waals surface area contributed by atoms with E-state index in [0.29, 0.717) is 0 Å². The van der Waals surface area contributed by atoms with Gasteiger partial charge >= 0.3 is 0 Å². The van der Waals surface area contributed by atoms with E-state index in [1.54, 1.807) is 0 Å². The van der Waals surface area contributed by atoms with Crippen LogP contribution in [0, 0.1) is 0 Å². The molecule has 0 saturated carbocycles. The molecule has 0 radical (unpaired) electrons. The third-order valence-electron chi connectivity index (χ3n) is 4.62. The third kappa shape index (κ3) is 2.64. The number of nitrogens with zero attached hydrogens (tertiary/aromatic N) is 2. The quantitative estimate of drug-likeness (QED) is 0.797. The van der Waals surface area contributed by atoms with Crippen LogP contribution in [0.15, 0.2) is 48.8 Å². The fourth-order valence-electron chi connectivity index (χ4n) is 3.49. The predicted octanol–water partition coefficient (Wildman–Crippen LogP) is 3.55. The van der Waals surface area contributed by atoms with Gasteiger partial charge in [0.2, 0.25) is 0 Å². The van der Waals surface area contributed by atoms with E-state index in [9.17, 15) is 0 Å². The summed E-state index contributed by atoms with van der Waals surface area (Å²) in [6, 6.07) is 12.8. The van der Waals surface area contributed by atoms with Gasteiger partial charge in [0.1, 0.15) is 0 Å². The van der Waals surface area contributed by atoms with Gasteiger partial charge in [0.05, 0.1) is 0 Å². The van der Waals surface area contributed by atoms with Crippen LogP contribution in [0.1, 0.15) is 23.2 Å². The van der Waals surface area contributed by atoms with Crippen molar-refractivity contribution in [1.82, 2.24) is 14.9 Å². The van der Waals surface area contributed by atoms with Crippen molar-refractivity contribution in [2.75, 3.05) is 13.1 Å². The molecule has 3 heterocycles. The Hall–Kier alpha value is -2.13. The zero-order chi connectivity index (χ0) is 14.8. The van der Waals surface area contributed by atoms with Crippen molar-refractivity contribution in [1.29, 1.82) is 0 Å². The van der Waals surface area contributed by atoms with Crippen LogP contribution >= 0.6 is 0 Å². The van der Waals surface area contributed by atoms with Crippen molar-refractivity contribution >= 4 is 10.9 Å². The molecule has 22 heavy (non-hydrogen) atoms. The van der Waals surface area contributed by atoms with Gasteiger partial charge < -0.3 is 4.98 Å². The van der Waals surface area contributed by atoms with Crippen molar-refractivity contribution in [2.45, 2.75) is 25.8 Å². The highest BCUT2D eigenvalue weighted by molar-refractivity contribution is 5.84. The van der Waals surface area contributed by atoms with Gasteiger partial charge in [0.25, 0.3) is 0 Å². The molecular weight excluding hydrogens is 270 g/mol. The monoisotopic (exact) mass is 291 g/mol. The second-order valence-electron chi connectivity index (χ2n) is 6.12. The molecule has 0 amide bonds. The minimum Gasteiger partial charge on any atom is -0.357 e. The highest BCUT2D eigenvalue weighted by Crippen LogP contribution is 2.27. The number of nitrogens with one attached hydrogen (secondary N) is 1. The number of H-pyrrole nitrogens is 1. The SMILES string of the molecule is c1cncc(CCCN2CCc3c([nH]c4ccccc34)C2)c1. The van der Waals surface area contributed by atoms with E-state index in [2.05, 4.69) is 45.2 Å². The second kappa shape index (κ2) is 5.93. The Bertz CT molecular complexity index is 761. The van der Waals surface area contributed by atoms with Gasteiger partial charge in [0.15, 0.2) is 0 Å². The third-order valence-corrected chi connectivity index (χ3v) is 4.62. The standard InChI is InChI=1S/C19H21N3/c1-2-8-18-16(7-1)17-9-12-22(14-19(17)21-18)11-4-6-15-5-3-10-20-13-15/h1-3,5,7-8,10,13,21H,4,6,9,11-12,14H2. The van der Waals surface area contributed by atoms with Crippen molar-refractivity contribution in [3.8, 4) is 0 Å². The van der Waals surface area contributed by atoms with Crippen LogP contribution in [0.4, 0.5) is 0 Å². The number of benzene rings is 1. The summed E-state index contributed by atoms with van der Waals surface area (Å²) < 4.78 is 0. The molecule has 1 aliphatic rings. The number of aromatic amines is 1. The topological polar surface area (TPSA) is 31.9 Å². The first-order valence-electron chi connectivity index (χ1n) is 8.10. The summed E-state index contributed by atoms with van der Waals surface area (Å²) in [7, 11) is 0. The fraction of sp³-hybridized carbons (Fsp3) is 0.316. The Morgan fingerprint density at radius 1 is 1.14 bits per heavy atom. The molecule has 112 valence electrons. The molecule has 0 atom stereocenters. The first kappa shape index (κ1) is 13.5. The summed E-state index contributed by atoms with van der Waals surface area (Å²) in [5, 5.41) is 1.41. The lowest BCUT2D eigenvalue weighted by molar-refractivity contribution is 0.249. The Morgan fingerprint density at radius 2 is 2.09 bits per heavy atom. The highest BCUT2D eigenvalue weighted by Gasteiger charge is 2.19. The van der Waals surface area contributed by atoms with E-state index in [0.717, 1.165) is 25.9 Å². The van der Waals surface area contributed by atoms with Crippen molar-refractivity contribution < 1.29 is 0 Å². The molecule has 4 rings (SSSR count). The first-order valence-corrected chi connectivity index (χ1v) is 8.10. The van der Waals surface area contributed by atoms with Crippen LogP contribution in [0.5, 0.6) is 0 Å². The molecule has 0 saturated heterocycles. The number of rotatable bonds is 4. The van der Waals surface area contributed by atoms with Crippen LogP contribution in [0.25, 0.3) is 10.9 Å². The van der Waals surface area contributed by atoms with E-state index < -0.39 is 0 Å². The summed E-state index contributed by atoms with van der Waals surface area (Å²) in [5.74, 6) is 0. The van der Waals surface area contributed by atoms with Gasteiger partial charge in [-0.3, -0.25) is 9.88 Å². The van der Waals surface area contributed by atoms with Gasteiger partial charge in [-0.25, -0.2) is 0 Å². The lowest BCUT2D eigenvalue weighted by Crippen LogP contribution is -2.31. The van der Waals surface area contributed by atoms with Crippen LogP contribution in [-0.4, -0.2) is 28.0 Å². The zero-order valence-corrected chi connectivity index (χ0v) is 12.8. The van der Waals surface area contributed by atoms with Gasteiger partial charge in [-0.1, -0.05) is 24.3 Å². The minimum atomic E-state index is 1.05. The molecule has 3 heteroatoms. The average molecular weight is 291 g/mol. The molecular formula is C19H21N3. The van der Waals surface area contributed by atoms with E-state index in [1.165, 1.54) is 40.7 Å². The second-order valence-corrected chi connectivity index (χ2v) is 6.12. The maximum absolute atomic E-state index is 4.19. The zero-order valence-electron chi connectivity index (χ0n) is 12.8. The molecule has 0 fully saturated rings. The summed E-state index contributed by atoms with van der Waals surface area (Å²) >= 11 is 0. The highest BCUT2D eigenvalue weighted by atomic mass is 15.1. The maximum Gasteiger partial charge on any atom is 0.0459 e. The van der Waals surface area contributed by atoms with E-state index in [4.69, 9.17) is 0 Å². The van der Waals surface area contributed by atoms with Gasteiger partial charge in [-0.2, -0.15) is 0 Å². The molecule has 3 aromatic rings.